The summed E-state index contributed by atoms with van der Waals surface area (Å²) in [6, 6.07) is 1.17. The van der Waals surface area contributed by atoms with E-state index >= 15 is 0 Å². The largest absolute Gasteiger partial charge is 0.379 e. The van der Waals surface area contributed by atoms with Crippen LogP contribution >= 0.6 is 0 Å². The molecule has 0 radical (unpaired) electrons. The zero-order valence-electron chi connectivity index (χ0n) is 10.2. The third-order valence-corrected chi connectivity index (χ3v) is 2.99. The number of ether oxygens (including phenoxy) is 1. The van der Waals surface area contributed by atoms with Crippen LogP contribution in [0.1, 0.15) is 40.0 Å². The van der Waals surface area contributed by atoms with E-state index in [1.54, 1.807) is 6.92 Å². The van der Waals surface area contributed by atoms with E-state index in [-0.39, 0.29) is 5.78 Å². The number of likely N-dealkylation sites (tertiary alicyclic amines) is 1. The van der Waals surface area contributed by atoms with E-state index in [4.69, 9.17) is 4.74 Å². The van der Waals surface area contributed by atoms with Gasteiger partial charge in [0.15, 0.2) is 0 Å². The number of hydrogen-bond acceptors (Lipinski definition) is 3. The molecule has 0 aliphatic carbocycles. The van der Waals surface area contributed by atoms with Gasteiger partial charge in [-0.25, -0.2) is 0 Å². The van der Waals surface area contributed by atoms with Crippen LogP contribution in [0, 0.1) is 0 Å². The fraction of sp³-hybridized carbons (Fsp3) is 0.917. The maximum Gasteiger partial charge on any atom is 0.132 e. The molecule has 15 heavy (non-hydrogen) atoms. The Morgan fingerprint density at radius 2 is 2.27 bits per heavy atom. The van der Waals surface area contributed by atoms with Crippen molar-refractivity contribution in [2.45, 2.75) is 52.1 Å². The van der Waals surface area contributed by atoms with Gasteiger partial charge in [0.05, 0.1) is 13.2 Å². The molecule has 0 aromatic heterocycles. The van der Waals surface area contributed by atoms with Gasteiger partial charge in [0.2, 0.25) is 0 Å². The summed E-state index contributed by atoms with van der Waals surface area (Å²) in [4.78, 5) is 13.2. The highest BCUT2D eigenvalue weighted by Crippen LogP contribution is 2.19. The van der Waals surface area contributed by atoms with Crippen LogP contribution in [-0.4, -0.2) is 42.5 Å². The van der Waals surface area contributed by atoms with Crippen LogP contribution in [0.15, 0.2) is 0 Å². The SMILES string of the molecule is CC(=O)CCOC[C@@H]1CCCN1C(C)C. The average molecular weight is 213 g/mol. The van der Waals surface area contributed by atoms with Gasteiger partial charge in [-0.15, -0.1) is 0 Å². The van der Waals surface area contributed by atoms with Gasteiger partial charge in [-0.3, -0.25) is 9.69 Å². The summed E-state index contributed by atoms with van der Waals surface area (Å²) >= 11 is 0. The number of carbonyl (C=O) groups excluding carboxylic acids is 1. The first-order valence-electron chi connectivity index (χ1n) is 5.94. The van der Waals surface area contributed by atoms with E-state index in [1.807, 2.05) is 0 Å². The zero-order chi connectivity index (χ0) is 11.3. The van der Waals surface area contributed by atoms with Crippen LogP contribution in [-0.2, 0) is 9.53 Å². The third kappa shape index (κ3) is 4.31. The zero-order valence-corrected chi connectivity index (χ0v) is 10.2. The lowest BCUT2D eigenvalue weighted by atomic mass is 10.2. The van der Waals surface area contributed by atoms with Crippen LogP contribution in [0.4, 0.5) is 0 Å². The monoisotopic (exact) mass is 213 g/mol. The van der Waals surface area contributed by atoms with Gasteiger partial charge in [0, 0.05) is 18.5 Å². The molecule has 1 fully saturated rings. The second-order valence-corrected chi connectivity index (χ2v) is 4.65. The van der Waals surface area contributed by atoms with Crippen LogP contribution < -0.4 is 0 Å². The predicted molar refractivity (Wildman–Crippen MR) is 61.0 cm³/mol. The van der Waals surface area contributed by atoms with Gasteiger partial charge in [-0.2, -0.15) is 0 Å². The average Bonchev–Trinajstić information content (AvgIpc) is 2.60. The summed E-state index contributed by atoms with van der Waals surface area (Å²) in [7, 11) is 0. The van der Waals surface area contributed by atoms with Gasteiger partial charge < -0.3 is 4.74 Å². The Hall–Kier alpha value is -0.410. The highest BCUT2D eigenvalue weighted by molar-refractivity contribution is 5.75. The number of Topliss-reactive ketones (excluding diaryl/α,β-unsaturated/α-hetero) is 1. The Kier molecular flexibility index (Phi) is 5.26. The number of rotatable bonds is 6. The summed E-state index contributed by atoms with van der Waals surface area (Å²) < 4.78 is 5.55. The molecule has 3 heteroatoms. The topological polar surface area (TPSA) is 29.5 Å². The van der Waals surface area contributed by atoms with Crippen LogP contribution in [0.3, 0.4) is 0 Å². The van der Waals surface area contributed by atoms with Crippen molar-refractivity contribution < 1.29 is 9.53 Å². The summed E-state index contributed by atoms with van der Waals surface area (Å²) in [6.07, 6.45) is 3.06. The summed E-state index contributed by atoms with van der Waals surface area (Å²) in [5.74, 6) is 0.210. The first-order valence-corrected chi connectivity index (χ1v) is 5.94. The summed E-state index contributed by atoms with van der Waals surface area (Å²) in [5, 5.41) is 0. The molecule has 1 rings (SSSR count). The van der Waals surface area contributed by atoms with Gasteiger partial charge in [-0.05, 0) is 40.2 Å². The highest BCUT2D eigenvalue weighted by atomic mass is 16.5. The summed E-state index contributed by atoms with van der Waals surface area (Å²) in [6.45, 7) is 8.63. The minimum absolute atomic E-state index is 0.210. The molecule has 0 saturated carbocycles. The van der Waals surface area contributed by atoms with Crippen molar-refractivity contribution >= 4 is 5.78 Å². The van der Waals surface area contributed by atoms with Crippen molar-refractivity contribution in [1.82, 2.24) is 4.90 Å². The molecule has 0 unspecified atom stereocenters. The second-order valence-electron chi connectivity index (χ2n) is 4.65. The second kappa shape index (κ2) is 6.23. The van der Waals surface area contributed by atoms with E-state index in [0.717, 1.165) is 6.61 Å². The Morgan fingerprint density at radius 1 is 1.53 bits per heavy atom. The lowest BCUT2D eigenvalue weighted by Gasteiger charge is -2.27. The Labute approximate surface area is 92.8 Å². The lowest BCUT2D eigenvalue weighted by Crippen LogP contribution is -2.38. The van der Waals surface area contributed by atoms with E-state index < -0.39 is 0 Å². The number of ketones is 1. The van der Waals surface area contributed by atoms with E-state index in [2.05, 4.69) is 18.7 Å². The maximum atomic E-state index is 10.7. The minimum atomic E-state index is 0.210. The molecule has 1 aliphatic rings. The predicted octanol–water partition coefficient (Wildman–Crippen LogP) is 1.85. The fourth-order valence-corrected chi connectivity index (χ4v) is 2.15. The fourth-order valence-electron chi connectivity index (χ4n) is 2.15. The Morgan fingerprint density at radius 3 is 2.87 bits per heavy atom. The molecule has 1 heterocycles. The van der Waals surface area contributed by atoms with Gasteiger partial charge >= 0.3 is 0 Å². The van der Waals surface area contributed by atoms with Crippen molar-refractivity contribution in [2.75, 3.05) is 19.8 Å². The molecule has 0 spiro atoms. The molecule has 1 atom stereocenters. The lowest BCUT2D eigenvalue weighted by molar-refractivity contribution is -0.118. The number of nitrogens with zero attached hydrogens (tertiary/aromatic N) is 1. The first-order chi connectivity index (χ1) is 7.11. The van der Waals surface area contributed by atoms with Crippen molar-refractivity contribution in [2.24, 2.45) is 0 Å². The third-order valence-electron chi connectivity index (χ3n) is 2.99. The molecule has 0 N–H and O–H groups in total. The van der Waals surface area contributed by atoms with Crippen molar-refractivity contribution in [3.8, 4) is 0 Å². The van der Waals surface area contributed by atoms with Gasteiger partial charge in [0.25, 0.3) is 0 Å². The van der Waals surface area contributed by atoms with E-state index in [9.17, 15) is 4.79 Å². The standard InChI is InChI=1S/C12H23NO2/c1-10(2)13-7-4-5-12(13)9-15-8-6-11(3)14/h10,12H,4-9H2,1-3H3/t12-/m0/s1. The van der Waals surface area contributed by atoms with Crippen molar-refractivity contribution in [3.63, 3.8) is 0 Å². The Bertz CT molecular complexity index is 204. The highest BCUT2D eigenvalue weighted by Gasteiger charge is 2.26. The molecular weight excluding hydrogens is 190 g/mol. The molecule has 88 valence electrons. The van der Waals surface area contributed by atoms with Gasteiger partial charge in [0.1, 0.15) is 5.78 Å². The van der Waals surface area contributed by atoms with Gasteiger partial charge in [-0.1, -0.05) is 0 Å². The summed E-state index contributed by atoms with van der Waals surface area (Å²) in [5.41, 5.74) is 0. The number of carbonyl (C=O) groups is 1. The Balaban J connectivity index is 2.17. The smallest absolute Gasteiger partial charge is 0.132 e. The molecular formula is C12H23NO2. The van der Waals surface area contributed by atoms with Crippen LogP contribution in [0.25, 0.3) is 0 Å². The van der Waals surface area contributed by atoms with Crippen molar-refractivity contribution in [3.05, 3.63) is 0 Å². The minimum Gasteiger partial charge on any atom is -0.379 e. The molecule has 0 aromatic carbocycles. The molecule has 0 aromatic rings. The molecule has 1 aliphatic heterocycles. The molecule has 3 nitrogen and oxygen atoms in total. The quantitative estimate of drug-likeness (QED) is 0.631. The molecule has 0 bridgehead atoms. The first kappa shape index (κ1) is 12.7. The van der Waals surface area contributed by atoms with Crippen LogP contribution in [0.5, 0.6) is 0 Å². The van der Waals surface area contributed by atoms with Crippen molar-refractivity contribution in [1.29, 1.82) is 0 Å². The molecule has 1 saturated heterocycles. The van der Waals surface area contributed by atoms with E-state index in [0.29, 0.717) is 25.1 Å². The van der Waals surface area contributed by atoms with Crippen LogP contribution in [0.2, 0.25) is 0 Å². The number of hydrogen-bond donors (Lipinski definition) is 0. The normalized spacial score (nSPS) is 22.5. The maximum absolute atomic E-state index is 10.7. The van der Waals surface area contributed by atoms with E-state index in [1.165, 1.54) is 19.4 Å². The molecule has 0 amide bonds.